The lowest BCUT2D eigenvalue weighted by Gasteiger charge is -2.10. The zero-order valence-corrected chi connectivity index (χ0v) is 17.4. The summed E-state index contributed by atoms with van der Waals surface area (Å²) in [7, 11) is 0. The van der Waals surface area contributed by atoms with Gasteiger partial charge in [-0.2, -0.15) is 5.10 Å². The summed E-state index contributed by atoms with van der Waals surface area (Å²) >= 11 is 0. The molecule has 6 aromatic rings. The van der Waals surface area contributed by atoms with Crippen molar-refractivity contribution >= 4 is 33.5 Å². The number of hydrogen-bond acceptors (Lipinski definition) is 6. The van der Waals surface area contributed by atoms with Gasteiger partial charge in [-0.1, -0.05) is 36.9 Å². The Bertz CT molecular complexity index is 1580. The fourth-order valence-electron chi connectivity index (χ4n) is 3.73. The number of imidazole rings is 1. The van der Waals surface area contributed by atoms with Gasteiger partial charge in [-0.25, -0.2) is 9.97 Å². The summed E-state index contributed by atoms with van der Waals surface area (Å²) < 4.78 is 0. The molecule has 6 rings (SSSR count). The first-order valence-electron chi connectivity index (χ1n) is 10.4. The predicted molar refractivity (Wildman–Crippen MR) is 129 cm³/mol. The molecule has 0 fully saturated rings. The smallest absolute Gasteiger partial charge is 0.161 e. The molecule has 0 radical (unpaired) electrons. The maximum absolute atomic E-state index is 4.87. The van der Waals surface area contributed by atoms with Crippen LogP contribution in [0.5, 0.6) is 0 Å². The van der Waals surface area contributed by atoms with Gasteiger partial charge in [0, 0.05) is 23.7 Å². The van der Waals surface area contributed by atoms with E-state index in [1.807, 2.05) is 54.6 Å². The van der Waals surface area contributed by atoms with Gasteiger partial charge in [0.05, 0.1) is 40.3 Å². The molecule has 1 aromatic carbocycles. The third-order valence-electron chi connectivity index (χ3n) is 5.37. The van der Waals surface area contributed by atoms with Crippen LogP contribution < -0.4 is 5.32 Å². The SMILES string of the molecule is C=C(Nc1cncc(-c2ccc3[nH]nc(-c4nc5ccncc5[nH]4)c3n2)c1)c1ccccc1. The van der Waals surface area contributed by atoms with Gasteiger partial charge in [0.15, 0.2) is 11.5 Å². The van der Waals surface area contributed by atoms with Crippen LogP contribution in [0.1, 0.15) is 5.56 Å². The Morgan fingerprint density at radius 2 is 1.79 bits per heavy atom. The van der Waals surface area contributed by atoms with Crippen LogP contribution in [0.3, 0.4) is 0 Å². The molecule has 8 heteroatoms. The second-order valence-corrected chi connectivity index (χ2v) is 7.57. The van der Waals surface area contributed by atoms with Gasteiger partial charge >= 0.3 is 0 Å². The van der Waals surface area contributed by atoms with Crippen LogP contribution in [-0.4, -0.2) is 35.1 Å². The van der Waals surface area contributed by atoms with Crippen molar-refractivity contribution in [3.05, 3.63) is 91.5 Å². The molecule has 0 saturated heterocycles. The number of H-pyrrole nitrogens is 2. The number of nitrogens with zero attached hydrogens (tertiary/aromatic N) is 5. The molecule has 0 bridgehead atoms. The number of aromatic nitrogens is 7. The van der Waals surface area contributed by atoms with Gasteiger partial charge in [0.2, 0.25) is 0 Å². The fourth-order valence-corrected chi connectivity index (χ4v) is 3.73. The Labute approximate surface area is 188 Å². The largest absolute Gasteiger partial charge is 0.354 e. The molecule has 0 amide bonds. The third-order valence-corrected chi connectivity index (χ3v) is 5.37. The maximum Gasteiger partial charge on any atom is 0.161 e. The lowest BCUT2D eigenvalue weighted by Crippen LogP contribution is -1.98. The van der Waals surface area contributed by atoms with E-state index < -0.39 is 0 Å². The van der Waals surface area contributed by atoms with Crippen molar-refractivity contribution in [3.63, 3.8) is 0 Å². The summed E-state index contributed by atoms with van der Waals surface area (Å²) in [5.74, 6) is 0.640. The van der Waals surface area contributed by atoms with Crippen molar-refractivity contribution in [3.8, 4) is 22.8 Å². The van der Waals surface area contributed by atoms with Crippen molar-refractivity contribution in [1.82, 2.24) is 35.1 Å². The number of benzene rings is 1. The van der Waals surface area contributed by atoms with E-state index >= 15 is 0 Å². The number of rotatable bonds is 5. The molecule has 5 aromatic heterocycles. The first kappa shape index (κ1) is 18.9. The highest BCUT2D eigenvalue weighted by atomic mass is 15.1. The van der Waals surface area contributed by atoms with Crippen molar-refractivity contribution in [2.45, 2.75) is 0 Å². The predicted octanol–water partition coefficient (Wildman–Crippen LogP) is 5.04. The Morgan fingerprint density at radius 3 is 2.67 bits per heavy atom. The van der Waals surface area contributed by atoms with Crippen LogP contribution in [0, 0.1) is 0 Å². The molecule has 0 unspecified atom stereocenters. The van der Waals surface area contributed by atoms with E-state index in [9.17, 15) is 0 Å². The minimum atomic E-state index is 0.640. The van der Waals surface area contributed by atoms with E-state index in [2.05, 4.69) is 42.0 Å². The van der Waals surface area contributed by atoms with Crippen LogP contribution >= 0.6 is 0 Å². The Balaban J connectivity index is 1.36. The number of hydrogen-bond donors (Lipinski definition) is 3. The number of nitrogens with one attached hydrogen (secondary N) is 3. The Hall–Kier alpha value is -4.85. The first-order valence-corrected chi connectivity index (χ1v) is 10.4. The lowest BCUT2D eigenvalue weighted by atomic mass is 10.1. The monoisotopic (exact) mass is 430 g/mol. The first-order chi connectivity index (χ1) is 16.2. The van der Waals surface area contributed by atoms with Crippen LogP contribution in [0.4, 0.5) is 5.69 Å². The fraction of sp³-hybridized carbons (Fsp3) is 0. The van der Waals surface area contributed by atoms with Crippen LogP contribution in [-0.2, 0) is 0 Å². The van der Waals surface area contributed by atoms with Gasteiger partial charge in [-0.15, -0.1) is 0 Å². The van der Waals surface area contributed by atoms with Gasteiger partial charge in [-0.3, -0.25) is 15.1 Å². The Kier molecular flexibility index (Phi) is 4.40. The maximum atomic E-state index is 4.87. The molecule has 3 N–H and O–H groups in total. The zero-order chi connectivity index (χ0) is 22.2. The van der Waals surface area contributed by atoms with Crippen LogP contribution in [0.15, 0.2) is 86.0 Å². The molecule has 33 heavy (non-hydrogen) atoms. The number of aromatic amines is 2. The minimum absolute atomic E-state index is 0.640. The molecule has 5 heterocycles. The molecule has 0 saturated carbocycles. The Morgan fingerprint density at radius 1 is 0.879 bits per heavy atom. The quantitative estimate of drug-likeness (QED) is 0.354. The molecular weight excluding hydrogens is 412 g/mol. The third kappa shape index (κ3) is 3.49. The number of anilines is 1. The molecule has 158 valence electrons. The molecule has 8 nitrogen and oxygen atoms in total. The number of pyridine rings is 3. The second kappa shape index (κ2) is 7.69. The molecule has 0 aliphatic heterocycles. The molecular formula is C25H18N8. The highest BCUT2D eigenvalue weighted by molar-refractivity contribution is 5.91. The van der Waals surface area contributed by atoms with E-state index in [-0.39, 0.29) is 0 Å². The standard InChI is InChI=1S/C25H18N8/c1-15(16-5-3-2-4-6-16)28-18-11-17(12-27-13-18)19-7-8-21-23(29-19)24(33-32-21)25-30-20-9-10-26-14-22(20)31-25/h2-14,28H,1H2,(H,30,31)(H,32,33). The van der Waals surface area contributed by atoms with Gasteiger partial charge < -0.3 is 10.3 Å². The summed E-state index contributed by atoms with van der Waals surface area (Å²) in [6.07, 6.45) is 7.01. The topological polar surface area (TPSA) is 108 Å². The summed E-state index contributed by atoms with van der Waals surface area (Å²) in [6, 6.07) is 17.7. The lowest BCUT2D eigenvalue weighted by molar-refractivity contribution is 1.10. The van der Waals surface area contributed by atoms with E-state index in [0.717, 1.165) is 50.3 Å². The van der Waals surface area contributed by atoms with Gasteiger partial charge in [0.1, 0.15) is 5.52 Å². The summed E-state index contributed by atoms with van der Waals surface area (Å²) in [6.45, 7) is 4.14. The molecule has 0 spiro atoms. The van der Waals surface area contributed by atoms with Crippen molar-refractivity contribution in [2.24, 2.45) is 0 Å². The highest BCUT2D eigenvalue weighted by Crippen LogP contribution is 2.28. The molecule has 0 aliphatic rings. The van der Waals surface area contributed by atoms with Gasteiger partial charge in [-0.05, 0) is 29.8 Å². The highest BCUT2D eigenvalue weighted by Gasteiger charge is 2.15. The van der Waals surface area contributed by atoms with E-state index in [1.165, 1.54) is 0 Å². The van der Waals surface area contributed by atoms with Gasteiger partial charge in [0.25, 0.3) is 0 Å². The average molecular weight is 430 g/mol. The molecule has 0 aliphatic carbocycles. The minimum Gasteiger partial charge on any atom is -0.354 e. The van der Waals surface area contributed by atoms with E-state index in [0.29, 0.717) is 11.5 Å². The zero-order valence-electron chi connectivity index (χ0n) is 17.4. The normalized spacial score (nSPS) is 11.2. The van der Waals surface area contributed by atoms with Crippen molar-refractivity contribution in [1.29, 1.82) is 0 Å². The summed E-state index contributed by atoms with van der Waals surface area (Å²) in [5, 5.41) is 10.8. The average Bonchev–Trinajstić information content (AvgIpc) is 3.48. The van der Waals surface area contributed by atoms with Crippen LogP contribution in [0.25, 0.3) is 50.5 Å². The van der Waals surface area contributed by atoms with E-state index in [1.54, 1.807) is 24.8 Å². The second-order valence-electron chi connectivity index (χ2n) is 7.57. The summed E-state index contributed by atoms with van der Waals surface area (Å²) in [4.78, 5) is 21.3. The molecule has 0 atom stereocenters. The summed E-state index contributed by atoms with van der Waals surface area (Å²) in [5.41, 5.74) is 8.20. The van der Waals surface area contributed by atoms with Crippen molar-refractivity contribution in [2.75, 3.05) is 5.32 Å². The van der Waals surface area contributed by atoms with Crippen LogP contribution in [0.2, 0.25) is 0 Å². The number of fused-ring (bicyclic) bond motifs is 2. The van der Waals surface area contributed by atoms with Crippen molar-refractivity contribution < 1.29 is 0 Å². The van der Waals surface area contributed by atoms with E-state index in [4.69, 9.17) is 4.98 Å².